The van der Waals surface area contributed by atoms with Gasteiger partial charge in [-0.25, -0.2) is 4.79 Å². The third kappa shape index (κ3) is 2.41. The fourth-order valence-electron chi connectivity index (χ4n) is 1.69. The molecule has 9 heteroatoms. The lowest BCUT2D eigenvalue weighted by atomic mass is 10.0. The van der Waals surface area contributed by atoms with Crippen LogP contribution in [0.1, 0.15) is 13.3 Å². The van der Waals surface area contributed by atoms with E-state index in [0.717, 1.165) is 0 Å². The SMILES string of the molecule is CC(N)(C(=O)N1CC(O)C[C@H]1C(=O)O)C(F)(F)F. The summed E-state index contributed by atoms with van der Waals surface area (Å²) in [4.78, 5) is 23.0. The molecule has 0 aliphatic carbocycles. The highest BCUT2D eigenvalue weighted by atomic mass is 19.4. The van der Waals surface area contributed by atoms with Crippen LogP contribution in [0.2, 0.25) is 0 Å². The standard InChI is InChI=1S/C9H13F3N2O4/c1-8(13,9(10,11)12)7(18)14-3-4(15)2-5(14)6(16)17/h4-5,15H,2-3,13H2,1H3,(H,16,17)/t4?,5-,8?/m0/s1. The summed E-state index contributed by atoms with van der Waals surface area (Å²) < 4.78 is 37.7. The van der Waals surface area contributed by atoms with Gasteiger partial charge in [-0.05, 0) is 6.92 Å². The Morgan fingerprint density at radius 1 is 1.39 bits per heavy atom. The van der Waals surface area contributed by atoms with Gasteiger partial charge in [-0.1, -0.05) is 0 Å². The van der Waals surface area contributed by atoms with Gasteiger partial charge in [-0.2, -0.15) is 13.2 Å². The second-order valence-electron chi connectivity index (χ2n) is 4.40. The molecule has 6 nitrogen and oxygen atoms in total. The Hall–Kier alpha value is -1.35. The van der Waals surface area contributed by atoms with Crippen LogP contribution < -0.4 is 5.73 Å². The zero-order valence-electron chi connectivity index (χ0n) is 9.44. The Kier molecular flexibility index (Phi) is 3.59. The summed E-state index contributed by atoms with van der Waals surface area (Å²) in [5, 5.41) is 18.0. The number of likely N-dealkylation sites (tertiary alicyclic amines) is 1. The zero-order valence-corrected chi connectivity index (χ0v) is 9.44. The molecule has 1 aliphatic heterocycles. The number of hydrogen-bond donors (Lipinski definition) is 3. The van der Waals surface area contributed by atoms with Crippen LogP contribution in [0, 0.1) is 0 Å². The second kappa shape index (κ2) is 4.39. The molecule has 1 aliphatic rings. The Labute approximate surface area is 100 Å². The van der Waals surface area contributed by atoms with Crippen LogP contribution >= 0.6 is 0 Å². The highest BCUT2D eigenvalue weighted by Gasteiger charge is 2.57. The molecule has 0 aromatic rings. The molecule has 18 heavy (non-hydrogen) atoms. The number of aliphatic hydroxyl groups is 1. The van der Waals surface area contributed by atoms with Crippen molar-refractivity contribution in [3.63, 3.8) is 0 Å². The summed E-state index contributed by atoms with van der Waals surface area (Å²) in [6, 6.07) is -1.49. The van der Waals surface area contributed by atoms with Gasteiger partial charge in [0.1, 0.15) is 6.04 Å². The molecule has 1 fully saturated rings. The Bertz CT molecular complexity index is 369. The lowest BCUT2D eigenvalue weighted by molar-refractivity contribution is -0.195. The average molecular weight is 270 g/mol. The third-order valence-corrected chi connectivity index (χ3v) is 2.86. The van der Waals surface area contributed by atoms with Crippen molar-refractivity contribution in [1.82, 2.24) is 4.90 Å². The fraction of sp³-hybridized carbons (Fsp3) is 0.778. The van der Waals surface area contributed by atoms with Gasteiger partial charge in [0.2, 0.25) is 0 Å². The summed E-state index contributed by atoms with van der Waals surface area (Å²) in [7, 11) is 0. The smallest absolute Gasteiger partial charge is 0.415 e. The van der Waals surface area contributed by atoms with E-state index in [1.807, 2.05) is 0 Å². The molecule has 1 amide bonds. The largest absolute Gasteiger partial charge is 0.480 e. The van der Waals surface area contributed by atoms with Crippen molar-refractivity contribution in [2.24, 2.45) is 5.73 Å². The van der Waals surface area contributed by atoms with Crippen molar-refractivity contribution in [2.75, 3.05) is 6.54 Å². The first kappa shape index (κ1) is 14.7. The first-order valence-electron chi connectivity index (χ1n) is 5.06. The number of nitrogens with zero attached hydrogens (tertiary/aromatic N) is 1. The van der Waals surface area contributed by atoms with E-state index in [4.69, 9.17) is 10.8 Å². The topological polar surface area (TPSA) is 104 Å². The van der Waals surface area contributed by atoms with E-state index < -0.39 is 42.3 Å². The molecule has 0 bridgehead atoms. The Morgan fingerprint density at radius 3 is 2.28 bits per heavy atom. The predicted molar refractivity (Wildman–Crippen MR) is 52.4 cm³/mol. The highest BCUT2D eigenvalue weighted by molar-refractivity contribution is 5.91. The van der Waals surface area contributed by atoms with Crippen LogP contribution in [0.4, 0.5) is 13.2 Å². The molecule has 3 atom stereocenters. The van der Waals surface area contributed by atoms with Gasteiger partial charge in [0.25, 0.3) is 5.91 Å². The van der Waals surface area contributed by atoms with Crippen molar-refractivity contribution < 1.29 is 33.0 Å². The number of alkyl halides is 3. The molecule has 1 rings (SSSR count). The van der Waals surface area contributed by atoms with E-state index in [9.17, 15) is 27.9 Å². The van der Waals surface area contributed by atoms with Gasteiger partial charge >= 0.3 is 12.1 Å². The minimum absolute atomic E-state index is 0.311. The fourth-order valence-corrected chi connectivity index (χ4v) is 1.69. The Balaban J connectivity index is 3.00. The molecule has 0 radical (unpaired) electrons. The van der Waals surface area contributed by atoms with E-state index in [1.54, 1.807) is 0 Å². The molecule has 0 saturated carbocycles. The van der Waals surface area contributed by atoms with Crippen molar-refractivity contribution in [3.8, 4) is 0 Å². The molecular formula is C9H13F3N2O4. The van der Waals surface area contributed by atoms with Gasteiger partial charge in [0.05, 0.1) is 6.10 Å². The molecule has 0 spiro atoms. The van der Waals surface area contributed by atoms with E-state index in [2.05, 4.69) is 0 Å². The second-order valence-corrected chi connectivity index (χ2v) is 4.40. The number of amides is 1. The van der Waals surface area contributed by atoms with Crippen molar-refractivity contribution in [3.05, 3.63) is 0 Å². The molecule has 0 aromatic heterocycles. The molecule has 4 N–H and O–H groups in total. The third-order valence-electron chi connectivity index (χ3n) is 2.86. The number of aliphatic carboxylic acids is 1. The highest BCUT2D eigenvalue weighted by Crippen LogP contribution is 2.32. The lowest BCUT2D eigenvalue weighted by Gasteiger charge is -2.32. The number of β-amino-alcohol motifs (C(OH)–C–C–N with tert-alkyl or cyclic N) is 1. The maximum absolute atomic E-state index is 12.6. The van der Waals surface area contributed by atoms with Crippen molar-refractivity contribution in [1.29, 1.82) is 0 Å². The number of hydrogen-bond acceptors (Lipinski definition) is 4. The van der Waals surface area contributed by atoms with Crippen LogP contribution in [-0.2, 0) is 9.59 Å². The van der Waals surface area contributed by atoms with Crippen LogP contribution in [0.3, 0.4) is 0 Å². The molecule has 2 unspecified atom stereocenters. The van der Waals surface area contributed by atoms with Crippen LogP contribution in [0.15, 0.2) is 0 Å². The number of carbonyl (C=O) groups is 2. The molecule has 104 valence electrons. The van der Waals surface area contributed by atoms with Gasteiger partial charge in [-0.15, -0.1) is 0 Å². The summed E-state index contributed by atoms with van der Waals surface area (Å²) in [5.74, 6) is -3.03. The van der Waals surface area contributed by atoms with Crippen LogP contribution in [0.25, 0.3) is 0 Å². The number of nitrogens with two attached hydrogens (primary N) is 1. The first-order chi connectivity index (χ1) is 7.98. The Morgan fingerprint density at radius 2 is 1.89 bits per heavy atom. The van der Waals surface area contributed by atoms with E-state index >= 15 is 0 Å². The van der Waals surface area contributed by atoms with Gasteiger partial charge in [0.15, 0.2) is 5.54 Å². The number of carboxylic acid groups (broad SMARTS) is 1. The van der Waals surface area contributed by atoms with Crippen molar-refractivity contribution >= 4 is 11.9 Å². The molecule has 1 heterocycles. The number of halogens is 3. The summed E-state index contributed by atoms with van der Waals surface area (Å²) >= 11 is 0. The average Bonchev–Trinajstić information content (AvgIpc) is 2.57. The zero-order chi connectivity index (χ0) is 14.3. The van der Waals surface area contributed by atoms with Gasteiger partial charge < -0.3 is 20.8 Å². The molecular weight excluding hydrogens is 257 g/mol. The van der Waals surface area contributed by atoms with Crippen LogP contribution in [0.5, 0.6) is 0 Å². The predicted octanol–water partition coefficient (Wildman–Crippen LogP) is -0.687. The van der Waals surface area contributed by atoms with Gasteiger partial charge in [0, 0.05) is 13.0 Å². The monoisotopic (exact) mass is 270 g/mol. The van der Waals surface area contributed by atoms with Crippen molar-refractivity contribution in [2.45, 2.75) is 37.2 Å². The number of rotatable bonds is 2. The maximum atomic E-state index is 12.6. The first-order valence-corrected chi connectivity index (χ1v) is 5.06. The lowest BCUT2D eigenvalue weighted by Crippen LogP contribution is -2.63. The van der Waals surface area contributed by atoms with Gasteiger partial charge in [-0.3, -0.25) is 4.79 Å². The molecule has 1 saturated heterocycles. The van der Waals surface area contributed by atoms with E-state index in [-0.39, 0.29) is 6.42 Å². The van der Waals surface area contributed by atoms with E-state index in [1.165, 1.54) is 0 Å². The maximum Gasteiger partial charge on any atom is 0.415 e. The minimum Gasteiger partial charge on any atom is -0.480 e. The summed E-state index contributed by atoms with van der Waals surface area (Å²) in [6.45, 7) is -0.00237. The quantitative estimate of drug-likeness (QED) is 0.616. The molecule has 0 aromatic carbocycles. The summed E-state index contributed by atoms with van der Waals surface area (Å²) in [5.41, 5.74) is 1.76. The minimum atomic E-state index is -5.00. The van der Waals surface area contributed by atoms with E-state index in [0.29, 0.717) is 11.8 Å². The number of carboxylic acids is 1. The normalized spacial score (nSPS) is 28.0. The summed E-state index contributed by atoms with van der Waals surface area (Å²) in [6.07, 6.45) is -6.48. The number of carbonyl (C=O) groups excluding carboxylic acids is 1. The van der Waals surface area contributed by atoms with Crippen LogP contribution in [-0.4, -0.2) is 57.4 Å². The number of aliphatic hydroxyl groups excluding tert-OH is 1.